The Morgan fingerprint density at radius 3 is 2.27 bits per heavy atom. The highest BCUT2D eigenvalue weighted by molar-refractivity contribution is 7.87. The highest BCUT2D eigenvalue weighted by atomic mass is 32.2. The molecule has 10 heteroatoms. The molecule has 0 aromatic rings. The molecule has 0 spiro atoms. The molecule has 0 unspecified atom stereocenters. The molecule has 0 radical (unpaired) electrons. The van der Waals surface area contributed by atoms with E-state index in [0.717, 1.165) is 0 Å². The van der Waals surface area contributed by atoms with E-state index in [1.807, 2.05) is 0 Å². The summed E-state index contributed by atoms with van der Waals surface area (Å²) in [5, 5.41) is 8.22. The van der Waals surface area contributed by atoms with Gasteiger partial charge in [0.2, 0.25) is 0 Å². The van der Waals surface area contributed by atoms with E-state index in [0.29, 0.717) is 0 Å². The van der Waals surface area contributed by atoms with Crippen LogP contribution in [-0.4, -0.2) is 37.7 Å². The average Bonchev–Trinajstić information content (AvgIpc) is 2.01. The van der Waals surface area contributed by atoms with Gasteiger partial charge in [-0.2, -0.15) is 21.6 Å². The molecule has 0 amide bonds. The number of hydrogen-bond donors (Lipinski definition) is 2. The number of nitrogens with two attached hydrogens (primary N) is 1. The first kappa shape index (κ1) is 14.1. The quantitative estimate of drug-likeness (QED) is 0.511. The summed E-state index contributed by atoms with van der Waals surface area (Å²) in [7, 11) is -5.67. The van der Waals surface area contributed by atoms with Gasteiger partial charge in [-0.05, 0) is 6.42 Å². The molecule has 1 atom stereocenters. The third kappa shape index (κ3) is 4.44. The first-order chi connectivity index (χ1) is 6.58. The van der Waals surface area contributed by atoms with Crippen LogP contribution in [0, 0.1) is 0 Å². The van der Waals surface area contributed by atoms with Crippen LogP contribution >= 0.6 is 0 Å². The lowest BCUT2D eigenvalue weighted by molar-refractivity contribution is -0.138. The molecule has 6 nitrogen and oxygen atoms in total. The van der Waals surface area contributed by atoms with Gasteiger partial charge in [0.1, 0.15) is 6.04 Å². The second kappa shape index (κ2) is 4.77. The molecule has 0 aliphatic rings. The van der Waals surface area contributed by atoms with Crippen molar-refractivity contribution in [3.63, 3.8) is 0 Å². The maximum absolute atomic E-state index is 11.7. The van der Waals surface area contributed by atoms with Crippen molar-refractivity contribution in [1.82, 2.24) is 0 Å². The van der Waals surface area contributed by atoms with Gasteiger partial charge in [-0.15, -0.1) is 0 Å². The molecule has 0 heterocycles. The van der Waals surface area contributed by atoms with Gasteiger partial charge in [0.25, 0.3) is 0 Å². The van der Waals surface area contributed by atoms with Gasteiger partial charge in [-0.3, -0.25) is 8.98 Å². The molecule has 3 N–H and O–H groups in total. The standard InChI is InChI=1S/C5H8F3NO5S/c6-5(7,8)15(12,13)14-2-1-3(9)4(10)11/h3H,1-2,9H2,(H,10,11)/t3-/m0/s1. The Labute approximate surface area is 82.9 Å². The Bertz CT molecular complexity index is 324. The van der Waals surface area contributed by atoms with Crippen LogP contribution in [0.4, 0.5) is 13.2 Å². The van der Waals surface area contributed by atoms with Gasteiger partial charge in [-0.25, -0.2) is 0 Å². The topological polar surface area (TPSA) is 107 Å². The molecule has 0 saturated heterocycles. The molecule has 0 fully saturated rings. The number of hydrogen-bond acceptors (Lipinski definition) is 5. The molecule has 0 aliphatic heterocycles. The molecule has 15 heavy (non-hydrogen) atoms. The Morgan fingerprint density at radius 2 is 1.93 bits per heavy atom. The predicted octanol–water partition coefficient (Wildman–Crippen LogP) is -0.345. The lowest BCUT2D eigenvalue weighted by Crippen LogP contribution is -2.33. The Morgan fingerprint density at radius 1 is 1.47 bits per heavy atom. The SMILES string of the molecule is N[C@@H](CCOS(=O)(=O)C(F)(F)F)C(=O)O. The Kier molecular flexibility index (Phi) is 4.49. The zero-order chi connectivity index (χ0) is 12.3. The van der Waals surface area contributed by atoms with Crippen molar-refractivity contribution < 1.29 is 35.7 Å². The van der Waals surface area contributed by atoms with Gasteiger partial charge in [0, 0.05) is 0 Å². The zero-order valence-electron chi connectivity index (χ0n) is 7.19. The van der Waals surface area contributed by atoms with Gasteiger partial charge >= 0.3 is 21.6 Å². The molecule has 0 bridgehead atoms. The lowest BCUT2D eigenvalue weighted by atomic mass is 10.2. The van der Waals surface area contributed by atoms with Gasteiger partial charge in [0.15, 0.2) is 0 Å². The number of halogens is 3. The van der Waals surface area contributed by atoms with Crippen LogP contribution in [0.2, 0.25) is 0 Å². The average molecular weight is 251 g/mol. The third-order valence-electron chi connectivity index (χ3n) is 1.27. The second-order valence-electron chi connectivity index (χ2n) is 2.46. The van der Waals surface area contributed by atoms with Crippen molar-refractivity contribution in [2.75, 3.05) is 6.61 Å². The normalized spacial score (nSPS) is 14.9. The highest BCUT2D eigenvalue weighted by Crippen LogP contribution is 2.24. The van der Waals surface area contributed by atoms with Crippen LogP contribution in [0.25, 0.3) is 0 Å². The van der Waals surface area contributed by atoms with E-state index in [-0.39, 0.29) is 0 Å². The van der Waals surface area contributed by atoms with Crippen molar-refractivity contribution in [3.05, 3.63) is 0 Å². The van der Waals surface area contributed by atoms with E-state index in [1.165, 1.54) is 0 Å². The van der Waals surface area contributed by atoms with E-state index in [9.17, 15) is 26.4 Å². The molecule has 0 aromatic heterocycles. The molecule has 0 rings (SSSR count). The number of carbonyl (C=O) groups is 1. The second-order valence-corrected chi connectivity index (χ2v) is 4.06. The molecule has 0 saturated carbocycles. The van der Waals surface area contributed by atoms with Crippen LogP contribution < -0.4 is 5.73 Å². The summed E-state index contributed by atoms with van der Waals surface area (Å²) in [4.78, 5) is 10.1. The number of aliphatic carboxylic acids is 1. The summed E-state index contributed by atoms with van der Waals surface area (Å²) in [5.41, 5.74) is -0.614. The fourth-order valence-corrected chi connectivity index (χ4v) is 0.924. The monoisotopic (exact) mass is 251 g/mol. The zero-order valence-corrected chi connectivity index (χ0v) is 8.01. The number of carboxylic acids is 1. The van der Waals surface area contributed by atoms with E-state index < -0.39 is 40.7 Å². The maximum atomic E-state index is 11.7. The van der Waals surface area contributed by atoms with E-state index >= 15 is 0 Å². The van der Waals surface area contributed by atoms with Gasteiger partial charge in [0.05, 0.1) is 6.61 Å². The summed E-state index contributed by atoms with van der Waals surface area (Å²) >= 11 is 0. The molecular formula is C5H8F3NO5S. The smallest absolute Gasteiger partial charge is 0.480 e. The lowest BCUT2D eigenvalue weighted by Gasteiger charge is -2.09. The van der Waals surface area contributed by atoms with Crippen LogP contribution in [0.5, 0.6) is 0 Å². The van der Waals surface area contributed by atoms with Crippen LogP contribution in [0.15, 0.2) is 0 Å². The van der Waals surface area contributed by atoms with E-state index in [4.69, 9.17) is 10.8 Å². The van der Waals surface area contributed by atoms with Crippen LogP contribution in [0.1, 0.15) is 6.42 Å². The highest BCUT2D eigenvalue weighted by Gasteiger charge is 2.47. The van der Waals surface area contributed by atoms with Crippen molar-refractivity contribution in [1.29, 1.82) is 0 Å². The maximum Gasteiger partial charge on any atom is 0.523 e. The first-order valence-corrected chi connectivity index (χ1v) is 4.93. The van der Waals surface area contributed by atoms with Gasteiger partial charge < -0.3 is 10.8 Å². The summed E-state index contributed by atoms with van der Waals surface area (Å²) in [6.45, 7) is -0.935. The van der Waals surface area contributed by atoms with Crippen molar-refractivity contribution in [3.8, 4) is 0 Å². The summed E-state index contributed by atoms with van der Waals surface area (Å²) in [6, 6.07) is -1.46. The predicted molar refractivity (Wildman–Crippen MR) is 41.2 cm³/mol. The van der Waals surface area contributed by atoms with Crippen LogP contribution in [0.3, 0.4) is 0 Å². The summed E-state index contributed by atoms with van der Waals surface area (Å²) in [5.74, 6) is -1.46. The minimum Gasteiger partial charge on any atom is -0.480 e. The molecule has 90 valence electrons. The van der Waals surface area contributed by atoms with Crippen molar-refractivity contribution >= 4 is 16.1 Å². The van der Waals surface area contributed by atoms with Crippen molar-refractivity contribution in [2.45, 2.75) is 18.0 Å². The van der Waals surface area contributed by atoms with E-state index in [2.05, 4.69) is 4.18 Å². The number of carboxylic acid groups (broad SMARTS) is 1. The molecule has 0 aromatic carbocycles. The minimum atomic E-state index is -5.67. The van der Waals surface area contributed by atoms with E-state index in [1.54, 1.807) is 0 Å². The first-order valence-electron chi connectivity index (χ1n) is 3.52. The fourth-order valence-electron chi connectivity index (χ4n) is 0.475. The number of alkyl halides is 3. The van der Waals surface area contributed by atoms with Crippen molar-refractivity contribution in [2.24, 2.45) is 5.73 Å². The Hall–Kier alpha value is -0.870. The van der Waals surface area contributed by atoms with Gasteiger partial charge in [-0.1, -0.05) is 0 Å². The Balaban J connectivity index is 4.14. The minimum absolute atomic E-state index is 0.537. The molecule has 0 aliphatic carbocycles. The largest absolute Gasteiger partial charge is 0.523 e. The third-order valence-corrected chi connectivity index (χ3v) is 2.31. The summed E-state index contributed by atoms with van der Waals surface area (Å²) < 4.78 is 59.0. The van der Waals surface area contributed by atoms with Crippen LogP contribution in [-0.2, 0) is 19.1 Å². The summed E-state index contributed by atoms with van der Waals surface area (Å²) in [6.07, 6.45) is -0.537. The fraction of sp³-hybridized carbons (Fsp3) is 0.800. The molecular weight excluding hydrogens is 243 g/mol. The number of rotatable bonds is 5.